The molecular weight excluding hydrogens is 544 g/mol. The van der Waals surface area contributed by atoms with Crippen molar-refractivity contribution in [3.8, 4) is 28.3 Å². The van der Waals surface area contributed by atoms with E-state index in [2.05, 4.69) is 10.2 Å². The van der Waals surface area contributed by atoms with Gasteiger partial charge in [0.15, 0.2) is 5.69 Å². The monoisotopic (exact) mass is 560 g/mol. The minimum absolute atomic E-state index is 0.00716. The van der Waals surface area contributed by atoms with Crippen LogP contribution in [-0.4, -0.2) is 25.8 Å². The lowest BCUT2D eigenvalue weighted by Gasteiger charge is -2.15. The highest BCUT2D eigenvalue weighted by Crippen LogP contribution is 2.34. The maximum absolute atomic E-state index is 13.2. The molecule has 0 amide bonds. The molecule has 188 valence electrons. The van der Waals surface area contributed by atoms with Gasteiger partial charge in [0, 0.05) is 15.5 Å². The number of halogens is 5. The van der Waals surface area contributed by atoms with Crippen LogP contribution in [0.25, 0.3) is 28.3 Å². The van der Waals surface area contributed by atoms with E-state index in [0.29, 0.717) is 38.2 Å². The van der Waals surface area contributed by atoms with Crippen LogP contribution < -0.4 is 5.56 Å². The van der Waals surface area contributed by atoms with Gasteiger partial charge in [-0.25, -0.2) is 9.36 Å². The average Bonchev–Trinajstić information content (AvgIpc) is 3.17. The fourth-order valence-corrected chi connectivity index (χ4v) is 4.79. The van der Waals surface area contributed by atoms with Gasteiger partial charge < -0.3 is 0 Å². The van der Waals surface area contributed by atoms with Gasteiger partial charge in [0.1, 0.15) is 5.69 Å². The van der Waals surface area contributed by atoms with E-state index in [9.17, 15) is 18.0 Å². The van der Waals surface area contributed by atoms with Crippen LogP contribution in [0.4, 0.5) is 13.2 Å². The number of hydrogen-bond acceptors (Lipinski definition) is 4. The van der Waals surface area contributed by atoms with Gasteiger partial charge in [-0.1, -0.05) is 35.3 Å². The van der Waals surface area contributed by atoms with Crippen molar-refractivity contribution in [2.75, 3.05) is 6.26 Å². The summed E-state index contributed by atoms with van der Waals surface area (Å²) in [5, 5.41) is 9.90. The summed E-state index contributed by atoms with van der Waals surface area (Å²) in [5.74, 6) is 0. The number of nitrogens with zero attached hydrogens (tertiary/aromatic N) is 4. The number of aromatic nitrogens is 4. The van der Waals surface area contributed by atoms with Crippen molar-refractivity contribution in [3.05, 3.63) is 104 Å². The van der Waals surface area contributed by atoms with E-state index in [1.165, 1.54) is 16.8 Å². The summed E-state index contributed by atoms with van der Waals surface area (Å²) in [4.78, 5) is 14.3. The molecule has 0 saturated carbocycles. The van der Waals surface area contributed by atoms with E-state index in [0.717, 1.165) is 17.0 Å². The first kappa shape index (κ1) is 25.4. The summed E-state index contributed by atoms with van der Waals surface area (Å²) in [6.45, 7) is -0.00716. The third-order valence-electron chi connectivity index (χ3n) is 5.75. The molecule has 2 aliphatic rings. The van der Waals surface area contributed by atoms with Crippen LogP contribution in [0.3, 0.4) is 0 Å². The summed E-state index contributed by atoms with van der Waals surface area (Å²) in [5.41, 5.74) is 1.66. The first-order chi connectivity index (χ1) is 17.6. The lowest BCUT2D eigenvalue weighted by atomic mass is 10.1. The van der Waals surface area contributed by atoms with Crippen molar-refractivity contribution < 1.29 is 13.2 Å². The van der Waals surface area contributed by atoms with E-state index in [4.69, 9.17) is 23.2 Å². The maximum Gasteiger partial charge on any atom is 0.416 e. The fourth-order valence-electron chi connectivity index (χ4n) is 3.88. The van der Waals surface area contributed by atoms with E-state index in [-0.39, 0.29) is 12.2 Å². The number of benzene rings is 3. The molecule has 0 unspecified atom stereocenters. The Labute approximate surface area is 223 Å². The maximum atomic E-state index is 13.2. The standard InChI is InChI=1S/C26H17Cl2F3N4OS/c1-37-19-9-7-18(8-10-19)35-23(20-11-6-17(27)12-21(20)28)13-22-24(33-35)25(36)34(32-22)14-15-2-4-16(5-3-15)26(29,30)31/h2-13H,14H2,1H3. The number of fused-ring (bicyclic) bond motifs is 1. The van der Waals surface area contributed by atoms with E-state index in [1.54, 1.807) is 40.7 Å². The number of thioether (sulfide) groups is 1. The molecule has 2 heterocycles. The van der Waals surface area contributed by atoms with Crippen molar-refractivity contribution in [2.45, 2.75) is 17.6 Å². The summed E-state index contributed by atoms with van der Waals surface area (Å²) < 4.78 is 41.5. The van der Waals surface area contributed by atoms with Gasteiger partial charge in [-0.3, -0.25) is 4.79 Å². The van der Waals surface area contributed by atoms with Gasteiger partial charge in [-0.2, -0.15) is 23.4 Å². The third kappa shape index (κ3) is 5.12. The smallest absolute Gasteiger partial charge is 0.265 e. The Balaban J connectivity index is 1.63. The molecule has 3 aromatic rings. The molecule has 37 heavy (non-hydrogen) atoms. The highest BCUT2D eigenvalue weighted by atomic mass is 35.5. The SMILES string of the molecule is CSc1ccc(-n2nc3c(=O)n(Cc4ccc(C(F)(F)F)cc4)nc-3cc2-c2ccc(Cl)cc2Cl)cc1. The Morgan fingerprint density at radius 1 is 0.919 bits per heavy atom. The van der Waals surface area contributed by atoms with E-state index >= 15 is 0 Å². The summed E-state index contributed by atoms with van der Waals surface area (Å²) in [6, 6.07) is 19.1. The molecule has 11 heteroatoms. The molecule has 0 fully saturated rings. The Morgan fingerprint density at radius 3 is 2.24 bits per heavy atom. The number of hydrogen-bond donors (Lipinski definition) is 0. The lowest BCUT2D eigenvalue weighted by Crippen LogP contribution is -2.19. The zero-order valence-corrected chi connectivity index (χ0v) is 21.5. The largest absolute Gasteiger partial charge is 0.416 e. The molecule has 0 spiro atoms. The minimum Gasteiger partial charge on any atom is -0.265 e. The number of alkyl halides is 3. The zero-order chi connectivity index (χ0) is 26.3. The van der Waals surface area contributed by atoms with E-state index < -0.39 is 17.3 Å². The molecule has 2 aliphatic heterocycles. The molecule has 0 aliphatic carbocycles. The third-order valence-corrected chi connectivity index (χ3v) is 7.04. The van der Waals surface area contributed by atoms with Crippen molar-refractivity contribution in [3.63, 3.8) is 0 Å². The van der Waals surface area contributed by atoms with Crippen molar-refractivity contribution in [1.29, 1.82) is 0 Å². The van der Waals surface area contributed by atoms with Crippen LogP contribution in [-0.2, 0) is 12.7 Å². The minimum atomic E-state index is -4.44. The van der Waals surface area contributed by atoms with Gasteiger partial charge in [0.2, 0.25) is 0 Å². The van der Waals surface area contributed by atoms with Crippen LogP contribution in [0, 0.1) is 0 Å². The fraction of sp³-hybridized carbons (Fsp3) is 0.115. The Bertz CT molecular complexity index is 1610. The van der Waals surface area contributed by atoms with Crippen molar-refractivity contribution in [2.24, 2.45) is 0 Å². The molecule has 5 nitrogen and oxygen atoms in total. The van der Waals surface area contributed by atoms with Crippen LogP contribution in [0.1, 0.15) is 11.1 Å². The predicted molar refractivity (Wildman–Crippen MR) is 140 cm³/mol. The van der Waals surface area contributed by atoms with Crippen LogP contribution in [0.15, 0.2) is 82.5 Å². The lowest BCUT2D eigenvalue weighted by molar-refractivity contribution is -0.137. The summed E-state index contributed by atoms with van der Waals surface area (Å²) in [6.07, 6.45) is -2.46. The van der Waals surface area contributed by atoms with Crippen LogP contribution in [0.5, 0.6) is 0 Å². The first-order valence-electron chi connectivity index (χ1n) is 10.9. The molecule has 5 rings (SSSR count). The topological polar surface area (TPSA) is 52.7 Å². The molecule has 0 saturated heterocycles. The van der Waals surface area contributed by atoms with Gasteiger partial charge in [0.05, 0.1) is 28.5 Å². The average molecular weight is 561 g/mol. The zero-order valence-electron chi connectivity index (χ0n) is 19.1. The van der Waals surface area contributed by atoms with Gasteiger partial charge in [0.25, 0.3) is 5.56 Å². The van der Waals surface area contributed by atoms with Gasteiger partial charge in [-0.15, -0.1) is 11.8 Å². The van der Waals surface area contributed by atoms with Crippen molar-refractivity contribution in [1.82, 2.24) is 19.6 Å². The second kappa shape index (κ2) is 9.89. The molecule has 0 aromatic heterocycles. The Kier molecular flexibility index (Phi) is 6.78. The quantitative estimate of drug-likeness (QED) is 0.212. The Hall–Kier alpha value is -3.27. The van der Waals surface area contributed by atoms with Crippen molar-refractivity contribution >= 4 is 35.0 Å². The molecule has 0 atom stereocenters. The van der Waals surface area contributed by atoms with Gasteiger partial charge in [-0.05, 0) is 72.5 Å². The predicted octanol–water partition coefficient (Wildman–Crippen LogP) is 7.30. The number of rotatable bonds is 5. The molecule has 3 aromatic carbocycles. The molecule has 0 radical (unpaired) electrons. The molecule has 0 N–H and O–H groups in total. The second-order valence-electron chi connectivity index (χ2n) is 8.15. The first-order valence-corrected chi connectivity index (χ1v) is 12.9. The summed E-state index contributed by atoms with van der Waals surface area (Å²) >= 11 is 14.2. The van der Waals surface area contributed by atoms with E-state index in [1.807, 2.05) is 30.5 Å². The molecular formula is C26H17Cl2F3N4OS. The normalized spacial score (nSPS) is 11.8. The Morgan fingerprint density at radius 2 is 1.62 bits per heavy atom. The highest BCUT2D eigenvalue weighted by molar-refractivity contribution is 7.98. The van der Waals surface area contributed by atoms with Gasteiger partial charge >= 0.3 is 6.18 Å². The molecule has 0 bridgehead atoms. The second-order valence-corrected chi connectivity index (χ2v) is 9.88. The van der Waals surface area contributed by atoms with Crippen LogP contribution >= 0.6 is 35.0 Å². The summed E-state index contributed by atoms with van der Waals surface area (Å²) in [7, 11) is 0. The highest BCUT2D eigenvalue weighted by Gasteiger charge is 2.30. The van der Waals surface area contributed by atoms with Crippen LogP contribution in [0.2, 0.25) is 10.0 Å².